The highest BCUT2D eigenvalue weighted by Crippen LogP contribution is 2.35. The summed E-state index contributed by atoms with van der Waals surface area (Å²) in [6, 6.07) is 0.619. The minimum Gasteiger partial charge on any atom is -0.403 e. The molecule has 1 aromatic heterocycles. The molecule has 1 rings (SSSR count). The zero-order valence-corrected chi connectivity index (χ0v) is 9.50. The number of hydrogen-bond donors (Lipinski definition) is 0. The molecule has 0 bridgehead atoms. The van der Waals surface area contributed by atoms with E-state index in [9.17, 15) is 22.0 Å². The zero-order valence-electron chi connectivity index (χ0n) is 7.16. The molecule has 0 aliphatic rings. The molecule has 1 heterocycles. The van der Waals surface area contributed by atoms with E-state index in [4.69, 9.17) is 11.6 Å². The predicted octanol–water partition coefficient (Wildman–Crippen LogP) is 4.33. The Bertz CT molecular complexity index is 397. The molecule has 0 atom stereocenters. The van der Waals surface area contributed by atoms with Gasteiger partial charge in [-0.15, -0.1) is 13.2 Å². The first-order valence-electron chi connectivity index (χ1n) is 3.60. The Morgan fingerprint density at radius 1 is 1.38 bits per heavy atom. The number of aromatic nitrogens is 1. The van der Waals surface area contributed by atoms with Crippen LogP contribution in [-0.4, -0.2) is 11.3 Å². The van der Waals surface area contributed by atoms with E-state index in [0.717, 1.165) is 0 Å². The molecule has 0 aliphatic heterocycles. The Balaban J connectivity index is 3.11. The van der Waals surface area contributed by atoms with E-state index >= 15 is 0 Å². The van der Waals surface area contributed by atoms with Gasteiger partial charge in [0.15, 0.2) is 5.75 Å². The van der Waals surface area contributed by atoms with Crippen molar-refractivity contribution >= 4 is 27.5 Å². The maximum absolute atomic E-state index is 12.2. The van der Waals surface area contributed by atoms with E-state index in [2.05, 4.69) is 25.7 Å². The fourth-order valence-corrected chi connectivity index (χ4v) is 1.42. The van der Waals surface area contributed by atoms with Crippen LogP contribution in [0.5, 0.6) is 5.75 Å². The highest BCUT2D eigenvalue weighted by atomic mass is 79.9. The molecular weight excluding hydrogens is 324 g/mol. The van der Waals surface area contributed by atoms with E-state index in [1.165, 1.54) is 0 Å². The van der Waals surface area contributed by atoms with Crippen LogP contribution < -0.4 is 4.74 Å². The molecule has 0 spiro atoms. The normalized spacial score (nSPS) is 12.0. The van der Waals surface area contributed by atoms with Crippen LogP contribution in [0.25, 0.3) is 0 Å². The summed E-state index contributed by atoms with van der Waals surface area (Å²) in [5, 5.41) is -0.600. The van der Waals surface area contributed by atoms with Gasteiger partial charge in [0.05, 0.1) is 5.02 Å². The molecule has 90 valence electrons. The average molecular weight is 326 g/mol. The summed E-state index contributed by atoms with van der Waals surface area (Å²) in [6.45, 7) is 0. The van der Waals surface area contributed by atoms with Gasteiger partial charge in [0.2, 0.25) is 0 Å². The molecule has 0 unspecified atom stereocenters. The van der Waals surface area contributed by atoms with Gasteiger partial charge in [-0.05, 0) is 15.9 Å². The topological polar surface area (TPSA) is 22.1 Å². The largest absolute Gasteiger partial charge is 0.573 e. The second-order valence-corrected chi connectivity index (χ2v) is 3.65. The summed E-state index contributed by atoms with van der Waals surface area (Å²) in [5.74, 6) is -0.776. The lowest BCUT2D eigenvalue weighted by Crippen LogP contribution is -2.17. The molecule has 0 aromatic carbocycles. The minimum atomic E-state index is -4.94. The van der Waals surface area contributed by atoms with Crippen LogP contribution in [-0.2, 0) is 0 Å². The summed E-state index contributed by atoms with van der Waals surface area (Å²) in [4.78, 5) is 3.17. The van der Waals surface area contributed by atoms with Gasteiger partial charge < -0.3 is 4.74 Å². The predicted molar refractivity (Wildman–Crippen MR) is 48.6 cm³/mol. The van der Waals surface area contributed by atoms with Crippen LogP contribution in [0, 0.1) is 0 Å². The molecular formula is C7H2BrClF5NO. The smallest absolute Gasteiger partial charge is 0.403 e. The van der Waals surface area contributed by atoms with Crippen LogP contribution in [0.3, 0.4) is 0 Å². The number of halogens is 7. The van der Waals surface area contributed by atoms with Crippen molar-refractivity contribution in [3.05, 3.63) is 21.4 Å². The summed E-state index contributed by atoms with van der Waals surface area (Å²) in [6.07, 6.45) is -7.93. The van der Waals surface area contributed by atoms with Gasteiger partial charge in [-0.1, -0.05) is 11.6 Å². The van der Waals surface area contributed by atoms with Crippen molar-refractivity contribution in [2.75, 3.05) is 0 Å². The quantitative estimate of drug-likeness (QED) is 0.596. The van der Waals surface area contributed by atoms with E-state index in [0.29, 0.717) is 6.07 Å². The first-order chi connectivity index (χ1) is 7.20. The first-order valence-corrected chi connectivity index (χ1v) is 4.77. The van der Waals surface area contributed by atoms with Gasteiger partial charge in [-0.25, -0.2) is 13.8 Å². The number of rotatable bonds is 2. The third-order valence-electron chi connectivity index (χ3n) is 1.36. The lowest BCUT2D eigenvalue weighted by molar-refractivity contribution is -0.275. The van der Waals surface area contributed by atoms with Crippen LogP contribution in [0.15, 0.2) is 10.7 Å². The van der Waals surface area contributed by atoms with Gasteiger partial charge in [-0.2, -0.15) is 0 Å². The fourth-order valence-electron chi connectivity index (χ4n) is 0.812. The van der Waals surface area contributed by atoms with Gasteiger partial charge >= 0.3 is 6.36 Å². The average Bonchev–Trinajstić information content (AvgIpc) is 2.07. The molecule has 16 heavy (non-hydrogen) atoms. The van der Waals surface area contributed by atoms with Crippen molar-refractivity contribution in [1.29, 1.82) is 0 Å². The maximum Gasteiger partial charge on any atom is 0.573 e. The Kier molecular flexibility index (Phi) is 3.95. The van der Waals surface area contributed by atoms with E-state index in [1.54, 1.807) is 0 Å². The van der Waals surface area contributed by atoms with E-state index < -0.39 is 33.9 Å². The molecule has 0 saturated heterocycles. The van der Waals surface area contributed by atoms with Gasteiger partial charge in [-0.3, -0.25) is 0 Å². The van der Waals surface area contributed by atoms with Crippen molar-refractivity contribution in [3.63, 3.8) is 0 Å². The number of hydrogen-bond acceptors (Lipinski definition) is 2. The summed E-state index contributed by atoms with van der Waals surface area (Å²) in [5.41, 5.74) is -0.817. The molecule has 0 aliphatic carbocycles. The monoisotopic (exact) mass is 325 g/mol. The maximum atomic E-state index is 12.2. The van der Waals surface area contributed by atoms with Crippen LogP contribution in [0.2, 0.25) is 5.02 Å². The Morgan fingerprint density at radius 3 is 2.38 bits per heavy atom. The Labute approximate surface area is 99.5 Å². The lowest BCUT2D eigenvalue weighted by Gasteiger charge is -2.11. The Morgan fingerprint density at radius 2 is 1.94 bits per heavy atom. The summed E-state index contributed by atoms with van der Waals surface area (Å²) >= 11 is 7.89. The summed E-state index contributed by atoms with van der Waals surface area (Å²) < 4.78 is 63.1. The zero-order chi connectivity index (χ0) is 12.5. The number of pyridine rings is 1. The highest BCUT2D eigenvalue weighted by Gasteiger charge is 2.33. The van der Waals surface area contributed by atoms with Crippen molar-refractivity contribution in [2.45, 2.75) is 12.8 Å². The summed E-state index contributed by atoms with van der Waals surface area (Å²) in [7, 11) is 0. The van der Waals surface area contributed by atoms with Gasteiger partial charge in [0, 0.05) is 6.07 Å². The van der Waals surface area contributed by atoms with E-state index in [1.807, 2.05) is 0 Å². The van der Waals surface area contributed by atoms with E-state index in [-0.39, 0.29) is 0 Å². The molecule has 0 radical (unpaired) electrons. The third kappa shape index (κ3) is 3.44. The van der Waals surface area contributed by atoms with Gasteiger partial charge in [0.25, 0.3) is 6.43 Å². The molecule has 1 aromatic rings. The highest BCUT2D eigenvalue weighted by molar-refractivity contribution is 9.10. The molecule has 0 fully saturated rings. The standard InChI is InChI=1S/C7H2BrClF5NO/c8-5-3(16-7(12,13)14)1-2(9)4(15-5)6(10)11/h1,6H. The van der Waals surface area contributed by atoms with Gasteiger partial charge in [0.1, 0.15) is 10.3 Å². The molecule has 0 amide bonds. The first kappa shape index (κ1) is 13.4. The SMILES string of the molecule is FC(F)c1nc(Br)c(OC(F)(F)F)cc1Cl. The second-order valence-electron chi connectivity index (χ2n) is 2.49. The van der Waals surface area contributed by atoms with Crippen LogP contribution in [0.1, 0.15) is 12.1 Å². The lowest BCUT2D eigenvalue weighted by atomic mass is 10.3. The Hall–Kier alpha value is -0.630. The van der Waals surface area contributed by atoms with Crippen molar-refractivity contribution in [2.24, 2.45) is 0 Å². The van der Waals surface area contributed by atoms with Crippen molar-refractivity contribution in [3.8, 4) is 5.75 Å². The minimum absolute atomic E-state index is 0.496. The molecule has 0 N–H and O–H groups in total. The van der Waals surface area contributed by atoms with Crippen molar-refractivity contribution < 1.29 is 26.7 Å². The van der Waals surface area contributed by atoms with Crippen molar-refractivity contribution in [1.82, 2.24) is 4.98 Å². The number of nitrogens with zero attached hydrogens (tertiary/aromatic N) is 1. The molecule has 2 nitrogen and oxygen atoms in total. The number of alkyl halides is 5. The second kappa shape index (κ2) is 4.70. The number of ether oxygens (including phenoxy) is 1. The fraction of sp³-hybridized carbons (Fsp3) is 0.286. The molecule has 9 heteroatoms. The third-order valence-corrected chi connectivity index (χ3v) is 2.23. The van der Waals surface area contributed by atoms with Crippen LogP contribution >= 0.6 is 27.5 Å². The van der Waals surface area contributed by atoms with Crippen LogP contribution in [0.4, 0.5) is 22.0 Å². The molecule has 0 saturated carbocycles.